The second kappa shape index (κ2) is 7.85. The lowest BCUT2D eigenvalue weighted by molar-refractivity contribution is 0.0947. The molecule has 0 saturated carbocycles. The summed E-state index contributed by atoms with van der Waals surface area (Å²) in [6, 6.07) is 16.0. The summed E-state index contributed by atoms with van der Waals surface area (Å²) in [4.78, 5) is 16.1. The third kappa shape index (κ3) is 3.86. The predicted octanol–water partition coefficient (Wildman–Crippen LogP) is 3.32. The first-order chi connectivity index (χ1) is 12.8. The zero-order valence-electron chi connectivity index (χ0n) is 14.5. The van der Waals surface area contributed by atoms with Crippen LogP contribution >= 0.6 is 11.3 Å². The Bertz CT molecular complexity index is 844. The van der Waals surface area contributed by atoms with Crippen LogP contribution in [-0.4, -0.2) is 33.7 Å². The van der Waals surface area contributed by atoms with Crippen molar-refractivity contribution in [2.75, 3.05) is 13.1 Å². The number of hydrogen-bond donors (Lipinski definition) is 1. The highest BCUT2D eigenvalue weighted by Crippen LogP contribution is 2.25. The molecule has 4 rings (SSSR count). The molecular formula is C20H22N4OS. The van der Waals surface area contributed by atoms with E-state index < -0.39 is 0 Å². The fraction of sp³-hybridized carbons (Fsp3) is 0.300. The van der Waals surface area contributed by atoms with E-state index in [0.29, 0.717) is 12.1 Å². The molecule has 3 aromatic rings. The van der Waals surface area contributed by atoms with Crippen molar-refractivity contribution in [1.82, 2.24) is 20.0 Å². The topological polar surface area (TPSA) is 50.2 Å². The number of carbonyl (C=O) groups is 1. The molecule has 1 aliphatic heterocycles. The monoisotopic (exact) mass is 366 g/mol. The molecule has 5 nitrogen and oxygen atoms in total. The van der Waals surface area contributed by atoms with E-state index in [9.17, 15) is 4.79 Å². The van der Waals surface area contributed by atoms with Crippen LogP contribution in [0.25, 0.3) is 0 Å². The molecule has 0 fully saturated rings. The maximum Gasteiger partial charge on any atom is 0.251 e. The molecule has 0 bridgehead atoms. The Labute approximate surface area is 157 Å². The number of aromatic nitrogens is 2. The van der Waals surface area contributed by atoms with Crippen molar-refractivity contribution in [3.8, 4) is 0 Å². The first-order valence-corrected chi connectivity index (χ1v) is 9.78. The normalized spacial score (nSPS) is 17.0. The van der Waals surface area contributed by atoms with Crippen molar-refractivity contribution in [1.29, 1.82) is 0 Å². The van der Waals surface area contributed by atoms with E-state index in [4.69, 9.17) is 0 Å². The predicted molar refractivity (Wildman–Crippen MR) is 103 cm³/mol. The van der Waals surface area contributed by atoms with Gasteiger partial charge in [-0.25, -0.2) is 0 Å². The molecular weight excluding hydrogens is 344 g/mol. The van der Waals surface area contributed by atoms with Gasteiger partial charge in [-0.2, -0.15) is 5.10 Å². The van der Waals surface area contributed by atoms with E-state index in [-0.39, 0.29) is 11.9 Å². The maximum atomic E-state index is 12.2. The number of hydrogen-bond acceptors (Lipinski definition) is 4. The van der Waals surface area contributed by atoms with Crippen LogP contribution in [0.2, 0.25) is 0 Å². The van der Waals surface area contributed by atoms with Crippen LogP contribution in [0.15, 0.2) is 60.1 Å². The van der Waals surface area contributed by atoms with Crippen LogP contribution in [0.4, 0.5) is 0 Å². The van der Waals surface area contributed by atoms with Gasteiger partial charge in [-0.1, -0.05) is 24.3 Å². The van der Waals surface area contributed by atoms with E-state index in [2.05, 4.69) is 43.6 Å². The Morgan fingerprint density at radius 2 is 2.08 bits per heavy atom. The first-order valence-electron chi connectivity index (χ1n) is 8.90. The largest absolute Gasteiger partial charge is 0.352 e. The molecule has 2 aromatic heterocycles. The summed E-state index contributed by atoms with van der Waals surface area (Å²) in [7, 11) is 0. The van der Waals surface area contributed by atoms with Gasteiger partial charge >= 0.3 is 0 Å². The number of amides is 1. The van der Waals surface area contributed by atoms with Gasteiger partial charge in [0.05, 0.1) is 11.7 Å². The Morgan fingerprint density at radius 3 is 2.88 bits per heavy atom. The zero-order chi connectivity index (χ0) is 17.8. The molecule has 0 radical (unpaired) electrons. The molecule has 26 heavy (non-hydrogen) atoms. The van der Waals surface area contributed by atoms with Gasteiger partial charge in [-0.05, 0) is 36.1 Å². The highest BCUT2D eigenvalue weighted by Gasteiger charge is 2.25. The molecule has 6 heteroatoms. The van der Waals surface area contributed by atoms with E-state index in [1.54, 1.807) is 11.3 Å². The molecule has 1 aliphatic rings. The van der Waals surface area contributed by atoms with E-state index >= 15 is 0 Å². The third-order valence-corrected chi connectivity index (χ3v) is 5.57. The summed E-state index contributed by atoms with van der Waals surface area (Å²) in [5, 5.41) is 9.66. The lowest BCUT2D eigenvalue weighted by Crippen LogP contribution is -2.38. The lowest BCUT2D eigenvalue weighted by atomic mass is 10.1. The second-order valence-corrected chi connectivity index (χ2v) is 7.61. The second-order valence-electron chi connectivity index (χ2n) is 6.58. The standard InChI is InChI=1S/C20H22N4OS/c25-20(16-5-2-1-3-6-16)21-10-8-17-13-23(15-19-7-4-12-26-19)14-18-9-11-22-24(17)18/h1-7,9,11-12,17H,8,10,13-15H2,(H,21,25)/t17-/m1/s1. The molecule has 0 unspecified atom stereocenters. The molecule has 0 aliphatic carbocycles. The van der Waals surface area contributed by atoms with E-state index in [1.165, 1.54) is 10.6 Å². The summed E-state index contributed by atoms with van der Waals surface area (Å²) in [5.41, 5.74) is 1.95. The summed E-state index contributed by atoms with van der Waals surface area (Å²) in [5.74, 6) is -0.0162. The number of thiophene rings is 1. The Kier molecular flexibility index (Phi) is 5.13. The number of fused-ring (bicyclic) bond motifs is 1. The molecule has 0 spiro atoms. The van der Waals surface area contributed by atoms with Crippen LogP contribution in [0, 0.1) is 0 Å². The smallest absolute Gasteiger partial charge is 0.251 e. The van der Waals surface area contributed by atoms with Crippen LogP contribution in [0.1, 0.15) is 33.4 Å². The average molecular weight is 366 g/mol. The zero-order valence-corrected chi connectivity index (χ0v) is 15.4. The van der Waals surface area contributed by atoms with Gasteiger partial charge in [0.25, 0.3) is 5.91 Å². The Morgan fingerprint density at radius 1 is 1.19 bits per heavy atom. The molecule has 1 amide bonds. The minimum Gasteiger partial charge on any atom is -0.352 e. The SMILES string of the molecule is O=C(NCC[C@@H]1CN(Cc2cccs2)Cc2ccnn21)c1ccccc1. The third-order valence-electron chi connectivity index (χ3n) is 4.71. The number of carbonyl (C=O) groups excluding carboxylic acids is 1. The molecule has 1 aromatic carbocycles. The molecule has 134 valence electrons. The molecule has 1 N–H and O–H groups in total. The van der Waals surface area contributed by atoms with Crippen molar-refractivity contribution < 1.29 is 4.79 Å². The number of nitrogens with one attached hydrogen (secondary N) is 1. The van der Waals surface area contributed by atoms with Crippen LogP contribution in [0.5, 0.6) is 0 Å². The summed E-state index contributed by atoms with van der Waals surface area (Å²) in [6.45, 7) is 3.48. The highest BCUT2D eigenvalue weighted by atomic mass is 32.1. The fourth-order valence-electron chi connectivity index (χ4n) is 3.47. The Hall–Kier alpha value is -2.44. The minimum atomic E-state index is -0.0162. The van der Waals surface area contributed by atoms with Crippen molar-refractivity contribution in [2.45, 2.75) is 25.6 Å². The average Bonchev–Trinajstić information content (AvgIpc) is 3.34. The van der Waals surface area contributed by atoms with Gasteiger partial charge in [-0.15, -0.1) is 11.3 Å². The van der Waals surface area contributed by atoms with Crippen molar-refractivity contribution in [2.24, 2.45) is 0 Å². The van der Waals surface area contributed by atoms with Crippen LogP contribution < -0.4 is 5.32 Å². The van der Waals surface area contributed by atoms with E-state index in [1.807, 2.05) is 36.5 Å². The van der Waals surface area contributed by atoms with Crippen LogP contribution in [0.3, 0.4) is 0 Å². The number of benzene rings is 1. The summed E-state index contributed by atoms with van der Waals surface area (Å²) >= 11 is 1.80. The van der Waals surface area contributed by atoms with Crippen molar-refractivity contribution >= 4 is 17.2 Å². The number of nitrogens with zero attached hydrogens (tertiary/aromatic N) is 3. The van der Waals surface area contributed by atoms with E-state index in [0.717, 1.165) is 26.1 Å². The van der Waals surface area contributed by atoms with Gasteiger partial charge in [0.2, 0.25) is 0 Å². The van der Waals surface area contributed by atoms with Crippen molar-refractivity contribution in [3.05, 3.63) is 76.2 Å². The first kappa shape index (κ1) is 17.0. The maximum absolute atomic E-state index is 12.2. The highest BCUT2D eigenvalue weighted by molar-refractivity contribution is 7.09. The summed E-state index contributed by atoms with van der Waals surface area (Å²) < 4.78 is 2.12. The van der Waals surface area contributed by atoms with Crippen molar-refractivity contribution in [3.63, 3.8) is 0 Å². The quantitative estimate of drug-likeness (QED) is 0.728. The van der Waals surface area contributed by atoms with Gasteiger partial charge in [0.1, 0.15) is 0 Å². The molecule has 3 heterocycles. The minimum absolute atomic E-state index is 0.0162. The van der Waals surface area contributed by atoms with Gasteiger partial charge in [0, 0.05) is 42.8 Å². The number of rotatable bonds is 6. The summed E-state index contributed by atoms with van der Waals surface area (Å²) in [6.07, 6.45) is 2.74. The Balaban J connectivity index is 1.37. The van der Waals surface area contributed by atoms with Gasteiger partial charge in [-0.3, -0.25) is 14.4 Å². The van der Waals surface area contributed by atoms with Gasteiger partial charge < -0.3 is 5.32 Å². The van der Waals surface area contributed by atoms with Crippen LogP contribution in [-0.2, 0) is 13.1 Å². The molecule has 1 atom stereocenters. The van der Waals surface area contributed by atoms with Gasteiger partial charge in [0.15, 0.2) is 0 Å². The molecule has 0 saturated heterocycles. The fourth-order valence-corrected chi connectivity index (χ4v) is 4.21. The lowest BCUT2D eigenvalue weighted by Gasteiger charge is -2.33.